The summed E-state index contributed by atoms with van der Waals surface area (Å²) in [6.45, 7) is 3.86. The molecule has 0 aromatic carbocycles. The number of Topliss-reactive ketones (excluding diaryl/α,β-unsaturated/α-hetero) is 1. The fourth-order valence-electron chi connectivity index (χ4n) is 3.09. The third kappa shape index (κ3) is 2.47. The Balaban J connectivity index is 2.36. The molecule has 118 valence electrons. The lowest BCUT2D eigenvalue weighted by atomic mass is 9.73. The third-order valence-electron chi connectivity index (χ3n) is 4.21. The highest BCUT2D eigenvalue weighted by Gasteiger charge is 2.59. The number of methoxy groups -OCH3 is 2. The van der Waals surface area contributed by atoms with E-state index in [4.69, 9.17) is 9.47 Å². The van der Waals surface area contributed by atoms with Crippen molar-refractivity contribution in [2.45, 2.75) is 19.3 Å². The number of carbonyl (C=O) groups is 3. The van der Waals surface area contributed by atoms with E-state index in [0.717, 1.165) is 0 Å². The average molecular weight is 322 g/mol. The summed E-state index contributed by atoms with van der Waals surface area (Å²) in [6, 6.07) is 3.52. The summed E-state index contributed by atoms with van der Waals surface area (Å²) in [7, 11) is 2.44. The van der Waals surface area contributed by atoms with Crippen LogP contribution in [0.3, 0.4) is 0 Å². The topological polar surface area (TPSA) is 69.7 Å². The average Bonchev–Trinajstić information content (AvgIpc) is 3.15. The van der Waals surface area contributed by atoms with E-state index in [9.17, 15) is 14.4 Å². The zero-order valence-electron chi connectivity index (χ0n) is 12.6. The molecule has 1 aromatic heterocycles. The summed E-state index contributed by atoms with van der Waals surface area (Å²) in [5, 5.41) is 1.81. The summed E-state index contributed by atoms with van der Waals surface area (Å²) in [5.74, 6) is -1.99. The monoisotopic (exact) mass is 322 g/mol. The van der Waals surface area contributed by atoms with Gasteiger partial charge in [-0.3, -0.25) is 14.4 Å². The number of hydrogen-bond donors (Lipinski definition) is 0. The molecular formula is C16H18O5S. The van der Waals surface area contributed by atoms with Crippen LogP contribution in [-0.2, 0) is 19.1 Å². The Morgan fingerprint density at radius 2 is 1.95 bits per heavy atom. The van der Waals surface area contributed by atoms with Crippen LogP contribution in [0.4, 0.5) is 0 Å². The Morgan fingerprint density at radius 1 is 1.32 bits per heavy atom. The fraction of sp³-hybridized carbons (Fsp3) is 0.438. The smallest absolute Gasteiger partial charge is 0.327 e. The molecule has 0 spiro atoms. The minimum absolute atomic E-state index is 0.0870. The van der Waals surface area contributed by atoms with Crippen LogP contribution >= 0.6 is 11.3 Å². The molecular weight excluding hydrogens is 304 g/mol. The molecule has 1 fully saturated rings. The Morgan fingerprint density at radius 3 is 2.45 bits per heavy atom. The van der Waals surface area contributed by atoms with Gasteiger partial charge in [0, 0.05) is 6.42 Å². The molecule has 0 amide bonds. The molecule has 1 atom stereocenters. The van der Waals surface area contributed by atoms with E-state index in [1.54, 1.807) is 12.1 Å². The second-order valence-electron chi connectivity index (χ2n) is 5.23. The fourth-order valence-corrected chi connectivity index (χ4v) is 3.77. The third-order valence-corrected chi connectivity index (χ3v) is 5.12. The van der Waals surface area contributed by atoms with Crippen molar-refractivity contribution in [2.75, 3.05) is 14.2 Å². The molecule has 5 nitrogen and oxygen atoms in total. The molecule has 2 rings (SSSR count). The van der Waals surface area contributed by atoms with E-state index in [2.05, 4.69) is 6.58 Å². The molecule has 22 heavy (non-hydrogen) atoms. The van der Waals surface area contributed by atoms with Crippen molar-refractivity contribution in [3.05, 3.63) is 34.5 Å². The van der Waals surface area contributed by atoms with Crippen molar-refractivity contribution in [1.82, 2.24) is 0 Å². The number of ether oxygens (including phenoxy) is 2. The van der Waals surface area contributed by atoms with Crippen molar-refractivity contribution in [3.8, 4) is 0 Å². The van der Waals surface area contributed by atoms with Crippen LogP contribution in [0.5, 0.6) is 0 Å². The van der Waals surface area contributed by atoms with Crippen LogP contribution in [0.25, 0.3) is 0 Å². The van der Waals surface area contributed by atoms with E-state index in [1.807, 2.05) is 5.38 Å². The molecule has 1 heterocycles. The van der Waals surface area contributed by atoms with Crippen LogP contribution in [0.2, 0.25) is 0 Å². The first kappa shape index (κ1) is 16.4. The molecule has 0 aliphatic heterocycles. The number of hydrogen-bond acceptors (Lipinski definition) is 6. The van der Waals surface area contributed by atoms with Gasteiger partial charge < -0.3 is 9.47 Å². The van der Waals surface area contributed by atoms with Crippen LogP contribution in [0.1, 0.15) is 28.9 Å². The highest BCUT2D eigenvalue weighted by Crippen LogP contribution is 2.50. The van der Waals surface area contributed by atoms with Gasteiger partial charge in [-0.05, 0) is 35.8 Å². The Hall–Kier alpha value is -1.95. The predicted molar refractivity (Wildman–Crippen MR) is 81.6 cm³/mol. The highest BCUT2D eigenvalue weighted by atomic mass is 32.1. The first-order valence-electron chi connectivity index (χ1n) is 6.90. The summed E-state index contributed by atoms with van der Waals surface area (Å²) < 4.78 is 9.65. The van der Waals surface area contributed by atoms with Gasteiger partial charge in [-0.2, -0.15) is 0 Å². The zero-order valence-corrected chi connectivity index (χ0v) is 13.4. The van der Waals surface area contributed by atoms with E-state index >= 15 is 0 Å². The van der Waals surface area contributed by atoms with Gasteiger partial charge in [0.1, 0.15) is 0 Å². The van der Waals surface area contributed by atoms with Gasteiger partial charge in [0.25, 0.3) is 0 Å². The maximum Gasteiger partial charge on any atom is 0.327 e. The Labute approximate surface area is 132 Å². The van der Waals surface area contributed by atoms with Crippen molar-refractivity contribution in [2.24, 2.45) is 11.3 Å². The van der Waals surface area contributed by atoms with Gasteiger partial charge in [-0.25, -0.2) is 0 Å². The largest absolute Gasteiger partial charge is 0.468 e. The molecule has 1 saturated carbocycles. The van der Waals surface area contributed by atoms with Crippen molar-refractivity contribution >= 4 is 29.1 Å². The predicted octanol–water partition coefficient (Wildman–Crippen LogP) is 2.62. The van der Waals surface area contributed by atoms with Gasteiger partial charge >= 0.3 is 11.9 Å². The minimum atomic E-state index is -1.57. The van der Waals surface area contributed by atoms with Crippen LogP contribution in [0, 0.1) is 11.3 Å². The van der Waals surface area contributed by atoms with Crippen LogP contribution in [0.15, 0.2) is 29.7 Å². The van der Waals surface area contributed by atoms with Gasteiger partial charge in [0.15, 0.2) is 11.2 Å². The molecule has 0 bridgehead atoms. The maximum absolute atomic E-state index is 12.4. The lowest BCUT2D eigenvalue weighted by Gasteiger charge is -2.30. The van der Waals surface area contributed by atoms with Crippen molar-refractivity contribution in [1.29, 1.82) is 0 Å². The number of esters is 2. The van der Waals surface area contributed by atoms with E-state index in [0.29, 0.717) is 23.3 Å². The van der Waals surface area contributed by atoms with Crippen molar-refractivity contribution in [3.63, 3.8) is 0 Å². The quantitative estimate of drug-likeness (QED) is 0.361. The van der Waals surface area contributed by atoms with E-state index in [1.165, 1.54) is 25.6 Å². The normalized spacial score (nSPS) is 19.7. The summed E-state index contributed by atoms with van der Waals surface area (Å²) in [5.41, 5.74) is -1.12. The highest BCUT2D eigenvalue weighted by molar-refractivity contribution is 7.12. The van der Waals surface area contributed by atoms with Crippen LogP contribution in [-0.4, -0.2) is 31.9 Å². The minimum Gasteiger partial charge on any atom is -0.468 e. The maximum atomic E-state index is 12.4. The van der Waals surface area contributed by atoms with Gasteiger partial charge in [-0.15, -0.1) is 11.3 Å². The standard InChI is InChI=1S/C16H18O5S/c1-10-6-7-11(9-12(17)13-5-4-8-22-13)16(10,14(18)20-2)15(19)21-3/h4-5,8,11H,1,6-7,9H2,2-3H3. The summed E-state index contributed by atoms with van der Waals surface area (Å²) in [4.78, 5) is 37.6. The van der Waals surface area contributed by atoms with Gasteiger partial charge in [0.2, 0.25) is 0 Å². The molecule has 1 aliphatic rings. The number of carbonyl (C=O) groups excluding carboxylic acids is 3. The van der Waals surface area contributed by atoms with Gasteiger partial charge in [-0.1, -0.05) is 12.6 Å². The molecule has 1 aliphatic carbocycles. The molecule has 0 radical (unpaired) electrons. The second kappa shape index (κ2) is 6.44. The van der Waals surface area contributed by atoms with E-state index in [-0.39, 0.29) is 12.2 Å². The number of ketones is 1. The van der Waals surface area contributed by atoms with Crippen molar-refractivity contribution < 1.29 is 23.9 Å². The summed E-state index contributed by atoms with van der Waals surface area (Å²) >= 11 is 1.34. The lowest BCUT2D eigenvalue weighted by molar-refractivity contribution is -0.168. The Kier molecular flexibility index (Phi) is 4.81. The van der Waals surface area contributed by atoms with Gasteiger partial charge in [0.05, 0.1) is 19.1 Å². The lowest BCUT2D eigenvalue weighted by Crippen LogP contribution is -2.45. The van der Waals surface area contributed by atoms with Crippen LogP contribution < -0.4 is 0 Å². The first-order chi connectivity index (χ1) is 10.5. The summed E-state index contributed by atoms with van der Waals surface area (Å²) in [6.07, 6.45) is 1.11. The molecule has 0 N–H and O–H groups in total. The number of rotatable bonds is 5. The molecule has 0 saturated heterocycles. The number of thiophene rings is 1. The SMILES string of the molecule is C=C1CCC(CC(=O)c2cccs2)C1(C(=O)OC)C(=O)OC. The zero-order chi connectivity index (χ0) is 16.3. The molecule has 1 unspecified atom stereocenters. The Bertz CT molecular complexity index is 586. The van der Waals surface area contributed by atoms with E-state index < -0.39 is 23.3 Å². The molecule has 6 heteroatoms. The first-order valence-corrected chi connectivity index (χ1v) is 7.78. The molecule has 1 aromatic rings. The second-order valence-corrected chi connectivity index (χ2v) is 6.18.